The molecule has 0 aromatic rings. The van der Waals surface area contributed by atoms with Gasteiger partial charge in [-0.15, -0.1) is 0 Å². The summed E-state index contributed by atoms with van der Waals surface area (Å²) in [7, 11) is 0. The van der Waals surface area contributed by atoms with Crippen LogP contribution in [0.25, 0.3) is 0 Å². The van der Waals surface area contributed by atoms with Crippen LogP contribution in [0.1, 0.15) is 33.6 Å². The Bertz CT molecular complexity index is 139. The molecule has 1 aliphatic heterocycles. The quantitative estimate of drug-likeness (QED) is 0.620. The molecule has 12 heavy (non-hydrogen) atoms. The van der Waals surface area contributed by atoms with Crippen molar-refractivity contribution in [2.75, 3.05) is 19.6 Å². The molecule has 1 nitrogen and oxygen atoms in total. The highest BCUT2D eigenvalue weighted by Gasteiger charge is 2.22. The van der Waals surface area contributed by atoms with Crippen molar-refractivity contribution in [3.63, 3.8) is 0 Å². The molecule has 0 spiro atoms. The van der Waals surface area contributed by atoms with Crippen LogP contribution in [-0.4, -0.2) is 30.7 Å². The van der Waals surface area contributed by atoms with Crippen molar-refractivity contribution in [2.45, 2.75) is 39.8 Å². The Kier molecular flexibility index (Phi) is 3.10. The summed E-state index contributed by atoms with van der Waals surface area (Å²) < 4.78 is 12.8. The molecule has 0 aliphatic carbocycles. The molecule has 1 aliphatic rings. The number of rotatable bonds is 2. The number of alkyl halides is 1. The fourth-order valence-corrected chi connectivity index (χ4v) is 1.48. The van der Waals surface area contributed by atoms with E-state index in [0.717, 1.165) is 19.5 Å². The van der Waals surface area contributed by atoms with E-state index in [-0.39, 0.29) is 0 Å². The van der Waals surface area contributed by atoms with Gasteiger partial charge in [0.25, 0.3) is 0 Å². The third-order valence-corrected chi connectivity index (χ3v) is 2.39. The third kappa shape index (κ3) is 3.53. The largest absolute Gasteiger partial charge is 0.300 e. The highest BCUT2D eigenvalue weighted by molar-refractivity contribution is 4.76. The monoisotopic (exact) mass is 173 g/mol. The highest BCUT2D eigenvalue weighted by atomic mass is 19.1. The second kappa shape index (κ2) is 3.73. The average Bonchev–Trinajstić information content (AvgIpc) is 2.30. The molecule has 1 fully saturated rings. The Hall–Kier alpha value is -0.110. The minimum Gasteiger partial charge on any atom is -0.300 e. The van der Waals surface area contributed by atoms with Gasteiger partial charge in [0, 0.05) is 13.1 Å². The van der Waals surface area contributed by atoms with Gasteiger partial charge in [0.2, 0.25) is 0 Å². The Morgan fingerprint density at radius 2 is 2.08 bits per heavy atom. The maximum atomic E-state index is 12.8. The van der Waals surface area contributed by atoms with Crippen molar-refractivity contribution < 1.29 is 4.39 Å². The zero-order valence-corrected chi connectivity index (χ0v) is 8.44. The lowest BCUT2D eigenvalue weighted by molar-refractivity contribution is 0.245. The van der Waals surface area contributed by atoms with E-state index < -0.39 is 6.17 Å². The van der Waals surface area contributed by atoms with Crippen LogP contribution in [0.2, 0.25) is 0 Å². The molecular weight excluding hydrogens is 153 g/mol. The lowest BCUT2D eigenvalue weighted by atomic mass is 9.92. The summed E-state index contributed by atoms with van der Waals surface area (Å²) in [4.78, 5) is 2.23. The minimum absolute atomic E-state index is 0.383. The zero-order valence-electron chi connectivity index (χ0n) is 8.44. The summed E-state index contributed by atoms with van der Waals surface area (Å²) in [6.07, 6.45) is 1.34. The van der Waals surface area contributed by atoms with Crippen molar-refractivity contribution in [1.29, 1.82) is 0 Å². The van der Waals surface area contributed by atoms with Crippen molar-refractivity contribution in [3.8, 4) is 0 Å². The first kappa shape index (κ1) is 9.97. The topological polar surface area (TPSA) is 3.24 Å². The third-order valence-electron chi connectivity index (χ3n) is 2.39. The summed E-state index contributed by atoms with van der Waals surface area (Å²) in [5.41, 5.74) is 0.383. The fourth-order valence-electron chi connectivity index (χ4n) is 1.48. The van der Waals surface area contributed by atoms with Gasteiger partial charge in [-0.1, -0.05) is 20.8 Å². The molecule has 0 aromatic heterocycles. The predicted octanol–water partition coefficient (Wildman–Crippen LogP) is 2.47. The van der Waals surface area contributed by atoms with Crippen molar-refractivity contribution in [2.24, 2.45) is 5.41 Å². The van der Waals surface area contributed by atoms with Gasteiger partial charge in [-0.25, -0.2) is 4.39 Å². The van der Waals surface area contributed by atoms with E-state index in [4.69, 9.17) is 0 Å². The molecule has 0 saturated carbocycles. The summed E-state index contributed by atoms with van der Waals surface area (Å²) in [6.45, 7) is 9.37. The van der Waals surface area contributed by atoms with Crippen molar-refractivity contribution in [3.05, 3.63) is 0 Å². The smallest absolute Gasteiger partial charge is 0.114 e. The normalized spacial score (nSPS) is 26.5. The van der Waals surface area contributed by atoms with Gasteiger partial charge in [0.05, 0.1) is 0 Å². The number of halogens is 1. The van der Waals surface area contributed by atoms with Crippen LogP contribution < -0.4 is 0 Å². The minimum atomic E-state index is -0.565. The average molecular weight is 173 g/mol. The summed E-state index contributed by atoms with van der Waals surface area (Å²) >= 11 is 0. The van der Waals surface area contributed by atoms with Crippen LogP contribution in [0.3, 0.4) is 0 Å². The van der Waals surface area contributed by atoms with Gasteiger partial charge in [-0.05, 0) is 24.8 Å². The summed E-state index contributed by atoms with van der Waals surface area (Å²) in [6, 6.07) is 0. The Morgan fingerprint density at radius 1 is 1.42 bits per heavy atom. The van der Waals surface area contributed by atoms with Gasteiger partial charge >= 0.3 is 0 Å². The van der Waals surface area contributed by atoms with E-state index in [1.165, 1.54) is 6.42 Å². The van der Waals surface area contributed by atoms with Gasteiger partial charge in [-0.3, -0.25) is 0 Å². The molecular formula is C10H20FN. The molecule has 1 saturated heterocycles. The molecule has 0 radical (unpaired) electrons. The first-order valence-corrected chi connectivity index (χ1v) is 4.84. The SMILES string of the molecule is CC(C)(C)CCN1CCC(F)C1. The maximum absolute atomic E-state index is 12.8. The molecule has 1 atom stereocenters. The maximum Gasteiger partial charge on any atom is 0.114 e. The Morgan fingerprint density at radius 3 is 2.50 bits per heavy atom. The molecule has 1 heterocycles. The molecule has 2 heteroatoms. The predicted molar refractivity (Wildman–Crippen MR) is 50.0 cm³/mol. The first-order valence-electron chi connectivity index (χ1n) is 4.84. The van der Waals surface area contributed by atoms with Gasteiger partial charge in [0.1, 0.15) is 6.17 Å². The molecule has 0 N–H and O–H groups in total. The van der Waals surface area contributed by atoms with E-state index in [1.807, 2.05) is 0 Å². The molecule has 1 unspecified atom stereocenters. The van der Waals surface area contributed by atoms with Crippen LogP contribution >= 0.6 is 0 Å². The number of hydrogen-bond donors (Lipinski definition) is 0. The second-order valence-corrected chi connectivity index (χ2v) is 5.00. The Balaban J connectivity index is 2.16. The molecule has 1 rings (SSSR count). The standard InChI is InChI=1S/C10H20FN/c1-10(2,3)5-7-12-6-4-9(11)8-12/h9H,4-8H2,1-3H3. The molecule has 0 amide bonds. The van der Waals surface area contributed by atoms with Crippen molar-refractivity contribution in [1.82, 2.24) is 4.90 Å². The second-order valence-electron chi connectivity index (χ2n) is 5.00. The summed E-state index contributed by atoms with van der Waals surface area (Å²) in [5, 5.41) is 0. The van der Waals surface area contributed by atoms with E-state index >= 15 is 0 Å². The number of hydrogen-bond acceptors (Lipinski definition) is 1. The number of nitrogens with zero attached hydrogens (tertiary/aromatic N) is 1. The van der Waals surface area contributed by atoms with Crippen LogP contribution in [0.5, 0.6) is 0 Å². The highest BCUT2D eigenvalue weighted by Crippen LogP contribution is 2.21. The van der Waals surface area contributed by atoms with E-state index in [1.54, 1.807) is 0 Å². The lowest BCUT2D eigenvalue weighted by Gasteiger charge is -2.22. The van der Waals surface area contributed by atoms with Crippen LogP contribution in [0, 0.1) is 5.41 Å². The van der Waals surface area contributed by atoms with Crippen LogP contribution in [0.4, 0.5) is 4.39 Å². The lowest BCUT2D eigenvalue weighted by Crippen LogP contribution is -2.25. The van der Waals surface area contributed by atoms with Gasteiger partial charge < -0.3 is 4.90 Å². The van der Waals surface area contributed by atoms with E-state index in [0.29, 0.717) is 12.0 Å². The number of likely N-dealkylation sites (tertiary alicyclic amines) is 1. The zero-order chi connectivity index (χ0) is 9.19. The molecule has 0 bridgehead atoms. The Labute approximate surface area is 74.9 Å². The summed E-state index contributed by atoms with van der Waals surface area (Å²) in [5.74, 6) is 0. The fraction of sp³-hybridized carbons (Fsp3) is 1.00. The van der Waals surface area contributed by atoms with Crippen molar-refractivity contribution >= 4 is 0 Å². The van der Waals surface area contributed by atoms with Gasteiger partial charge in [-0.2, -0.15) is 0 Å². The molecule has 72 valence electrons. The van der Waals surface area contributed by atoms with Crippen LogP contribution in [-0.2, 0) is 0 Å². The van der Waals surface area contributed by atoms with Crippen LogP contribution in [0.15, 0.2) is 0 Å². The molecule has 0 aromatic carbocycles. The van der Waals surface area contributed by atoms with E-state index in [2.05, 4.69) is 25.7 Å². The van der Waals surface area contributed by atoms with Gasteiger partial charge in [0.15, 0.2) is 0 Å². The van der Waals surface area contributed by atoms with E-state index in [9.17, 15) is 4.39 Å². The first-order chi connectivity index (χ1) is 5.47.